The Morgan fingerprint density at radius 1 is 0.940 bits per heavy atom. The van der Waals surface area contributed by atoms with E-state index in [9.17, 15) is 19.5 Å². The first-order valence-corrected chi connectivity index (χ1v) is 17.6. The molecule has 50 heavy (non-hydrogen) atoms. The van der Waals surface area contributed by atoms with Crippen LogP contribution in [0.25, 0.3) is 0 Å². The summed E-state index contributed by atoms with van der Waals surface area (Å²) in [6, 6.07) is 14.8. The molecule has 0 aromatic heterocycles. The average molecular weight is 700 g/mol. The Balaban J connectivity index is 1.59. The highest BCUT2D eigenvalue weighted by Crippen LogP contribution is 2.23. The van der Waals surface area contributed by atoms with Crippen molar-refractivity contribution >= 4 is 18.1 Å². The molecular weight excluding hydrogens is 642 g/mol. The minimum absolute atomic E-state index is 0.0192. The number of nitrogens with one attached hydrogen (secondary N) is 3. The minimum atomic E-state index is -1.01. The number of aliphatic hydroxyl groups is 1. The van der Waals surface area contributed by atoms with Gasteiger partial charge >= 0.3 is 12.2 Å². The van der Waals surface area contributed by atoms with Crippen LogP contribution < -0.4 is 20.7 Å². The Morgan fingerprint density at radius 2 is 1.64 bits per heavy atom. The van der Waals surface area contributed by atoms with Gasteiger partial charge in [-0.15, -0.1) is 0 Å². The smallest absolute Gasteiger partial charge is 0.408 e. The number of aliphatic hydroxyl groups excluding tert-OH is 1. The van der Waals surface area contributed by atoms with Crippen molar-refractivity contribution in [3.05, 3.63) is 65.7 Å². The lowest BCUT2D eigenvalue weighted by Crippen LogP contribution is -2.52. The lowest BCUT2D eigenvalue weighted by atomic mass is 9.99. The number of carbonyl (C=O) groups is 3. The van der Waals surface area contributed by atoms with Crippen LogP contribution in [0.15, 0.2) is 54.6 Å². The van der Waals surface area contributed by atoms with E-state index in [1.807, 2.05) is 58.0 Å². The Bertz CT molecular complexity index is 1310. The molecule has 1 heterocycles. The van der Waals surface area contributed by atoms with Gasteiger partial charge in [-0.3, -0.25) is 4.79 Å². The zero-order chi connectivity index (χ0) is 36.7. The van der Waals surface area contributed by atoms with Crippen LogP contribution in [-0.2, 0) is 30.3 Å². The standard InChI is InChI=1S/C38H57N3O9/c1-25(2)21-30(40-36(44)48-23-27-13-9-8-10-14-27)35(43)39-22-32(42)28-16-18-29(19-17-28)49-34(26(3)4)31(41-37(45)50-38(5,6)7)24-47-33-15-11-12-20-46-33/h8-10,13-14,16-19,25-26,30-34,42H,11-12,15,20-24H2,1-7H3,(H,39,43)(H,40,44)(H,41,45)/t30-,31+,32?,33?,34-/m0/s1. The summed E-state index contributed by atoms with van der Waals surface area (Å²) in [6.07, 6.45) is 0.0978. The van der Waals surface area contributed by atoms with E-state index in [0.717, 1.165) is 24.8 Å². The first kappa shape index (κ1) is 40.6. The van der Waals surface area contributed by atoms with E-state index >= 15 is 0 Å². The van der Waals surface area contributed by atoms with Gasteiger partial charge in [0.2, 0.25) is 5.91 Å². The second-order valence-corrected chi connectivity index (χ2v) is 14.4. The van der Waals surface area contributed by atoms with Gasteiger partial charge < -0.3 is 44.7 Å². The quantitative estimate of drug-likeness (QED) is 0.155. The third kappa shape index (κ3) is 14.9. The highest BCUT2D eigenvalue weighted by molar-refractivity contribution is 5.85. The van der Waals surface area contributed by atoms with Crippen molar-refractivity contribution in [1.82, 2.24) is 16.0 Å². The molecule has 12 heteroatoms. The normalized spacial score (nSPS) is 17.3. The molecule has 4 N–H and O–H groups in total. The monoisotopic (exact) mass is 699 g/mol. The van der Waals surface area contributed by atoms with Crippen LogP contribution in [0.5, 0.6) is 5.75 Å². The van der Waals surface area contributed by atoms with Crippen molar-refractivity contribution in [1.29, 1.82) is 0 Å². The maximum Gasteiger partial charge on any atom is 0.408 e. The van der Waals surface area contributed by atoms with Crippen LogP contribution in [0.1, 0.15) is 91.4 Å². The van der Waals surface area contributed by atoms with Crippen molar-refractivity contribution in [2.24, 2.45) is 11.8 Å². The van der Waals surface area contributed by atoms with Crippen LogP contribution in [0, 0.1) is 11.8 Å². The van der Waals surface area contributed by atoms with Crippen molar-refractivity contribution in [2.45, 2.75) is 117 Å². The second kappa shape index (κ2) is 20.1. The van der Waals surface area contributed by atoms with Gasteiger partial charge in [-0.1, -0.05) is 70.2 Å². The van der Waals surface area contributed by atoms with Crippen LogP contribution >= 0.6 is 0 Å². The van der Waals surface area contributed by atoms with Gasteiger partial charge in [0.1, 0.15) is 30.1 Å². The molecule has 5 atom stereocenters. The molecule has 1 fully saturated rings. The van der Waals surface area contributed by atoms with E-state index in [-0.39, 0.29) is 37.9 Å². The van der Waals surface area contributed by atoms with Gasteiger partial charge in [0.05, 0.1) is 18.8 Å². The van der Waals surface area contributed by atoms with Crippen molar-refractivity contribution < 1.29 is 43.2 Å². The largest absolute Gasteiger partial charge is 0.488 e. The maximum atomic E-state index is 13.1. The highest BCUT2D eigenvalue weighted by Gasteiger charge is 2.32. The lowest BCUT2D eigenvalue weighted by molar-refractivity contribution is -0.169. The predicted molar refractivity (Wildman–Crippen MR) is 189 cm³/mol. The van der Waals surface area contributed by atoms with Crippen LogP contribution in [-0.4, -0.2) is 73.0 Å². The van der Waals surface area contributed by atoms with Gasteiger partial charge in [-0.05, 0) is 81.5 Å². The number of hydrogen-bond donors (Lipinski definition) is 4. The first-order chi connectivity index (χ1) is 23.7. The third-order valence-corrected chi connectivity index (χ3v) is 7.89. The predicted octanol–water partition coefficient (Wildman–Crippen LogP) is 6.02. The van der Waals surface area contributed by atoms with E-state index in [1.165, 1.54) is 0 Å². The number of rotatable bonds is 17. The molecule has 1 aliphatic rings. The summed E-state index contributed by atoms with van der Waals surface area (Å²) in [4.78, 5) is 38.3. The summed E-state index contributed by atoms with van der Waals surface area (Å²) >= 11 is 0. The molecule has 12 nitrogen and oxygen atoms in total. The maximum absolute atomic E-state index is 13.1. The van der Waals surface area contributed by atoms with Crippen LogP contribution in [0.2, 0.25) is 0 Å². The number of carbonyl (C=O) groups excluding carboxylic acids is 3. The SMILES string of the molecule is CC(C)C[C@H](NC(=O)OCc1ccccc1)C(=O)NCC(O)c1ccc(O[C@@H](C(C)C)[C@@H](COC2CCCCO2)NC(=O)OC(C)(C)C)cc1. The topological polar surface area (TPSA) is 154 Å². The van der Waals surface area contributed by atoms with Gasteiger partial charge in [0.25, 0.3) is 0 Å². The number of hydrogen-bond acceptors (Lipinski definition) is 9. The van der Waals surface area contributed by atoms with Gasteiger partial charge in [-0.2, -0.15) is 0 Å². The van der Waals surface area contributed by atoms with E-state index in [4.69, 9.17) is 23.7 Å². The van der Waals surface area contributed by atoms with Gasteiger partial charge in [0.15, 0.2) is 6.29 Å². The Labute approximate surface area is 296 Å². The summed E-state index contributed by atoms with van der Waals surface area (Å²) < 4.78 is 29.0. The molecule has 278 valence electrons. The summed E-state index contributed by atoms with van der Waals surface area (Å²) in [5.41, 5.74) is 0.727. The summed E-state index contributed by atoms with van der Waals surface area (Å²) in [5.74, 6) is 0.218. The van der Waals surface area contributed by atoms with E-state index in [1.54, 1.807) is 45.0 Å². The van der Waals surface area contributed by atoms with Gasteiger partial charge in [0, 0.05) is 13.2 Å². The molecule has 1 aliphatic heterocycles. The summed E-state index contributed by atoms with van der Waals surface area (Å²) in [6.45, 7) is 14.1. The van der Waals surface area contributed by atoms with Gasteiger partial charge in [-0.25, -0.2) is 9.59 Å². The number of benzene rings is 2. The van der Waals surface area contributed by atoms with E-state index in [2.05, 4.69) is 16.0 Å². The Morgan fingerprint density at radius 3 is 2.24 bits per heavy atom. The molecule has 3 rings (SSSR count). The number of amides is 3. The first-order valence-electron chi connectivity index (χ1n) is 17.6. The fourth-order valence-electron chi connectivity index (χ4n) is 5.39. The summed E-state index contributed by atoms with van der Waals surface area (Å²) in [5, 5.41) is 19.2. The fourth-order valence-corrected chi connectivity index (χ4v) is 5.39. The van der Waals surface area contributed by atoms with Crippen molar-refractivity contribution in [2.75, 3.05) is 19.8 Å². The van der Waals surface area contributed by atoms with Crippen molar-refractivity contribution in [3.8, 4) is 5.75 Å². The highest BCUT2D eigenvalue weighted by atomic mass is 16.7. The zero-order valence-electron chi connectivity index (χ0n) is 30.6. The average Bonchev–Trinajstić information content (AvgIpc) is 3.06. The molecule has 0 spiro atoms. The molecule has 2 aromatic rings. The van der Waals surface area contributed by atoms with E-state index in [0.29, 0.717) is 24.3 Å². The molecule has 0 bridgehead atoms. The molecule has 1 saturated heterocycles. The fraction of sp³-hybridized carbons (Fsp3) is 0.605. The molecule has 0 radical (unpaired) electrons. The lowest BCUT2D eigenvalue weighted by Gasteiger charge is -2.33. The van der Waals surface area contributed by atoms with Crippen LogP contribution in [0.3, 0.4) is 0 Å². The number of alkyl carbamates (subject to hydrolysis) is 2. The Kier molecular flexibility index (Phi) is 16.3. The number of ether oxygens (including phenoxy) is 5. The minimum Gasteiger partial charge on any atom is -0.488 e. The zero-order valence-corrected chi connectivity index (χ0v) is 30.6. The third-order valence-electron chi connectivity index (χ3n) is 7.89. The molecule has 3 amide bonds. The molecule has 2 unspecified atom stereocenters. The van der Waals surface area contributed by atoms with E-state index < -0.39 is 48.0 Å². The molecule has 0 saturated carbocycles. The van der Waals surface area contributed by atoms with Crippen molar-refractivity contribution in [3.63, 3.8) is 0 Å². The molecular formula is C38H57N3O9. The van der Waals surface area contributed by atoms with Crippen LogP contribution in [0.4, 0.5) is 9.59 Å². The molecule has 2 aromatic carbocycles. The Hall–Kier alpha value is -3.87. The second-order valence-electron chi connectivity index (χ2n) is 14.4. The summed E-state index contributed by atoms with van der Waals surface area (Å²) in [7, 11) is 0. The molecule has 0 aliphatic carbocycles.